The number of likely N-dealkylation sites (N-methyl/N-ethyl adjacent to an activating group) is 1. The van der Waals surface area contributed by atoms with E-state index < -0.39 is 10.0 Å². The van der Waals surface area contributed by atoms with E-state index in [1.807, 2.05) is 59.5 Å². The molecule has 1 amide bonds. The Morgan fingerprint density at radius 2 is 1.51 bits per heavy atom. The fraction of sp³-hybridized carbons (Fsp3) is 0.424. The minimum absolute atomic E-state index is 0.228. The Bertz CT molecular complexity index is 1390. The summed E-state index contributed by atoms with van der Waals surface area (Å²) in [5, 5.41) is 0. The smallest absolute Gasteiger partial charge is 0.410 e. The van der Waals surface area contributed by atoms with Gasteiger partial charge in [0.25, 0.3) is 0 Å². The Morgan fingerprint density at radius 1 is 0.902 bits per heavy atom. The molecule has 41 heavy (non-hydrogen) atoms. The molecule has 2 fully saturated rings. The van der Waals surface area contributed by atoms with Crippen LogP contribution in [0.1, 0.15) is 30.9 Å². The fourth-order valence-electron chi connectivity index (χ4n) is 6.32. The van der Waals surface area contributed by atoms with Crippen LogP contribution in [-0.4, -0.2) is 74.9 Å². The number of carbonyl (C=O) groups excluding carboxylic acids is 1. The number of rotatable bonds is 10. The number of sulfonamides is 1. The monoisotopic (exact) mass is 575 g/mol. The van der Waals surface area contributed by atoms with Gasteiger partial charge in [-0.2, -0.15) is 0 Å². The van der Waals surface area contributed by atoms with Crippen LogP contribution >= 0.6 is 0 Å². The zero-order valence-corrected chi connectivity index (χ0v) is 24.9. The van der Waals surface area contributed by atoms with E-state index in [1.165, 1.54) is 4.31 Å². The zero-order valence-electron chi connectivity index (χ0n) is 24.1. The lowest BCUT2D eigenvalue weighted by Crippen LogP contribution is -2.45. The molecule has 1 unspecified atom stereocenters. The van der Waals surface area contributed by atoms with Crippen molar-refractivity contribution in [3.05, 3.63) is 102 Å². The van der Waals surface area contributed by atoms with Crippen LogP contribution in [0, 0.1) is 11.8 Å². The van der Waals surface area contributed by atoms with Crippen LogP contribution in [0.25, 0.3) is 0 Å². The summed E-state index contributed by atoms with van der Waals surface area (Å²) < 4.78 is 33.8. The topological polar surface area (TPSA) is 70.2 Å². The molecular weight excluding hydrogens is 534 g/mol. The average Bonchev–Trinajstić information content (AvgIpc) is 3.44. The molecule has 2 aliphatic rings. The lowest BCUT2D eigenvalue weighted by molar-refractivity contribution is 0.102. The van der Waals surface area contributed by atoms with Crippen molar-refractivity contribution in [2.24, 2.45) is 11.8 Å². The normalized spacial score (nSPS) is 20.9. The molecule has 2 saturated heterocycles. The predicted molar refractivity (Wildman–Crippen MR) is 161 cm³/mol. The highest BCUT2D eigenvalue weighted by Gasteiger charge is 2.40. The number of amides is 1. The maximum atomic E-state index is 13.4. The molecule has 2 heterocycles. The van der Waals surface area contributed by atoms with Crippen LogP contribution in [-0.2, 0) is 26.8 Å². The molecule has 0 bridgehead atoms. The van der Waals surface area contributed by atoms with Crippen molar-refractivity contribution in [1.29, 1.82) is 0 Å². The molecule has 7 nitrogen and oxygen atoms in total. The van der Waals surface area contributed by atoms with Crippen LogP contribution in [0.15, 0.2) is 95.9 Å². The van der Waals surface area contributed by atoms with Gasteiger partial charge in [-0.25, -0.2) is 17.5 Å². The lowest BCUT2D eigenvalue weighted by atomic mass is 9.78. The molecule has 0 N–H and O–H groups in total. The SMILES string of the molecule is CN(C[C@@](C)(CCN1CC[C@H]2CN(C(=O)OCc3ccccc3)CC2C1)c1ccccc1)S(=O)(=O)c1ccccc1. The number of ether oxygens (including phenoxy) is 1. The van der Waals surface area contributed by atoms with Gasteiger partial charge in [-0.05, 0) is 61.0 Å². The van der Waals surface area contributed by atoms with Crippen molar-refractivity contribution in [2.45, 2.75) is 36.7 Å². The van der Waals surface area contributed by atoms with Crippen LogP contribution in [0.5, 0.6) is 0 Å². The van der Waals surface area contributed by atoms with Crippen molar-refractivity contribution < 1.29 is 17.9 Å². The highest BCUT2D eigenvalue weighted by atomic mass is 32.2. The van der Waals surface area contributed by atoms with Gasteiger partial charge in [-0.15, -0.1) is 0 Å². The minimum atomic E-state index is -3.60. The molecule has 0 aliphatic carbocycles. The summed E-state index contributed by atoms with van der Waals surface area (Å²) in [7, 11) is -1.92. The summed E-state index contributed by atoms with van der Waals surface area (Å²) in [6, 6.07) is 28.7. The number of fused-ring (bicyclic) bond motifs is 1. The molecule has 5 rings (SSSR count). The molecule has 218 valence electrons. The molecule has 3 aromatic carbocycles. The van der Waals surface area contributed by atoms with Crippen molar-refractivity contribution in [3.8, 4) is 0 Å². The largest absolute Gasteiger partial charge is 0.445 e. The van der Waals surface area contributed by atoms with Gasteiger partial charge in [-0.3, -0.25) is 0 Å². The Hall–Kier alpha value is -3.20. The van der Waals surface area contributed by atoms with E-state index in [9.17, 15) is 13.2 Å². The van der Waals surface area contributed by atoms with Crippen LogP contribution in [0.2, 0.25) is 0 Å². The Kier molecular flexibility index (Phi) is 9.12. The van der Waals surface area contributed by atoms with Gasteiger partial charge in [-0.1, -0.05) is 85.8 Å². The van der Waals surface area contributed by atoms with E-state index in [1.54, 1.807) is 31.3 Å². The van der Waals surface area contributed by atoms with Gasteiger partial charge in [0.15, 0.2) is 0 Å². The highest BCUT2D eigenvalue weighted by Crippen LogP contribution is 2.34. The summed E-state index contributed by atoms with van der Waals surface area (Å²) >= 11 is 0. The molecule has 0 radical (unpaired) electrons. The molecule has 0 aromatic heterocycles. The third kappa shape index (κ3) is 7.00. The number of likely N-dealkylation sites (tertiary alicyclic amines) is 2. The van der Waals surface area contributed by atoms with E-state index in [-0.39, 0.29) is 11.5 Å². The van der Waals surface area contributed by atoms with Gasteiger partial charge in [0, 0.05) is 38.6 Å². The first kappa shape index (κ1) is 29.3. The molecular formula is C33H41N3O4S. The Morgan fingerprint density at radius 3 is 2.20 bits per heavy atom. The van der Waals surface area contributed by atoms with E-state index >= 15 is 0 Å². The fourth-order valence-corrected chi connectivity index (χ4v) is 7.63. The van der Waals surface area contributed by atoms with Gasteiger partial charge >= 0.3 is 6.09 Å². The van der Waals surface area contributed by atoms with Crippen molar-refractivity contribution in [2.75, 3.05) is 46.3 Å². The number of benzene rings is 3. The second-order valence-electron chi connectivity index (χ2n) is 11.8. The van der Waals surface area contributed by atoms with Crippen LogP contribution in [0.4, 0.5) is 4.79 Å². The summed E-state index contributed by atoms with van der Waals surface area (Å²) in [5.41, 5.74) is 1.77. The summed E-state index contributed by atoms with van der Waals surface area (Å²) in [4.78, 5) is 17.5. The number of nitrogens with zero attached hydrogens (tertiary/aromatic N) is 3. The van der Waals surface area contributed by atoms with E-state index in [2.05, 4.69) is 24.0 Å². The first-order valence-corrected chi connectivity index (χ1v) is 15.9. The minimum Gasteiger partial charge on any atom is -0.445 e. The Labute approximate surface area is 244 Å². The number of carbonyl (C=O) groups is 1. The van der Waals surface area contributed by atoms with Crippen molar-refractivity contribution in [3.63, 3.8) is 0 Å². The van der Waals surface area contributed by atoms with E-state index in [0.29, 0.717) is 29.9 Å². The first-order valence-electron chi connectivity index (χ1n) is 14.5. The summed E-state index contributed by atoms with van der Waals surface area (Å²) in [5.74, 6) is 0.926. The second-order valence-corrected chi connectivity index (χ2v) is 13.9. The van der Waals surface area contributed by atoms with Crippen molar-refractivity contribution >= 4 is 16.1 Å². The number of piperidine rings is 1. The highest BCUT2D eigenvalue weighted by molar-refractivity contribution is 7.89. The van der Waals surface area contributed by atoms with Crippen LogP contribution < -0.4 is 0 Å². The van der Waals surface area contributed by atoms with E-state index in [4.69, 9.17) is 4.74 Å². The third-order valence-corrected chi connectivity index (χ3v) is 10.6. The van der Waals surface area contributed by atoms with E-state index in [0.717, 1.165) is 56.7 Å². The Balaban J connectivity index is 1.20. The molecule has 8 heteroatoms. The molecule has 3 aromatic rings. The quantitative estimate of drug-likeness (QED) is 0.331. The summed E-state index contributed by atoms with van der Waals surface area (Å²) in [6.45, 7) is 7.13. The summed E-state index contributed by atoms with van der Waals surface area (Å²) in [6.07, 6.45) is 1.65. The van der Waals surface area contributed by atoms with Gasteiger partial charge in [0.05, 0.1) is 4.90 Å². The number of hydrogen-bond donors (Lipinski definition) is 0. The molecule has 3 atom stereocenters. The zero-order chi connectivity index (χ0) is 28.9. The molecule has 0 spiro atoms. The van der Waals surface area contributed by atoms with Gasteiger partial charge in [0.1, 0.15) is 6.61 Å². The average molecular weight is 576 g/mol. The van der Waals surface area contributed by atoms with Gasteiger partial charge in [0.2, 0.25) is 10.0 Å². The van der Waals surface area contributed by atoms with Gasteiger partial charge < -0.3 is 14.5 Å². The number of hydrogen-bond acceptors (Lipinski definition) is 5. The first-order chi connectivity index (χ1) is 19.7. The third-order valence-electron chi connectivity index (χ3n) is 8.82. The van der Waals surface area contributed by atoms with Crippen LogP contribution in [0.3, 0.4) is 0 Å². The maximum Gasteiger partial charge on any atom is 0.410 e. The van der Waals surface area contributed by atoms with Crippen molar-refractivity contribution in [1.82, 2.24) is 14.1 Å². The maximum absolute atomic E-state index is 13.4. The lowest BCUT2D eigenvalue weighted by Gasteiger charge is -2.39. The molecule has 2 aliphatic heterocycles. The molecule has 0 saturated carbocycles. The standard InChI is InChI=1S/C33H41N3O4S/c1-33(30-14-8-4-9-15-30,26-34(2)41(38,39)31-16-10-5-11-17-31)19-21-35-20-18-28-23-36(24-29(28)22-35)32(37)40-25-27-12-6-3-7-13-27/h3-17,28-29H,18-26H2,1-2H3/t28-,29?,33+/m0/s1. The second kappa shape index (κ2) is 12.8. The predicted octanol–water partition coefficient (Wildman–Crippen LogP) is 5.25.